The van der Waals surface area contributed by atoms with E-state index in [1.54, 1.807) is 12.1 Å². The van der Waals surface area contributed by atoms with Crippen LogP contribution in [-0.2, 0) is 0 Å². The first-order valence-corrected chi connectivity index (χ1v) is 6.82. The van der Waals surface area contributed by atoms with Crippen LogP contribution in [0.15, 0.2) is 36.4 Å². The van der Waals surface area contributed by atoms with Gasteiger partial charge in [-0.05, 0) is 31.4 Å². The molecule has 0 amide bonds. The molecule has 106 valence electrons. The lowest BCUT2D eigenvalue weighted by Crippen LogP contribution is -2.03. The molecule has 0 aliphatic carbocycles. The molecular formula is C17H16FN3. The van der Waals surface area contributed by atoms with Gasteiger partial charge in [-0.15, -0.1) is 0 Å². The topological polar surface area (TPSA) is 37.8 Å². The Hall–Kier alpha value is -2.49. The van der Waals surface area contributed by atoms with E-state index in [1.807, 2.05) is 39.1 Å². The van der Waals surface area contributed by atoms with E-state index in [-0.39, 0.29) is 5.82 Å². The Morgan fingerprint density at radius 1 is 0.952 bits per heavy atom. The lowest BCUT2D eigenvalue weighted by Gasteiger charge is -2.11. The highest BCUT2D eigenvalue weighted by Gasteiger charge is 2.12. The van der Waals surface area contributed by atoms with Gasteiger partial charge in [-0.3, -0.25) is 0 Å². The lowest BCUT2D eigenvalue weighted by molar-refractivity contribution is 0.640. The normalized spacial score (nSPS) is 10.9. The van der Waals surface area contributed by atoms with Crippen LogP contribution in [0.2, 0.25) is 0 Å². The SMILES string of the molecule is CNc1nc(-c2ccc(F)c3ccccc23)nc(C)c1C. The molecule has 0 aliphatic heterocycles. The minimum Gasteiger partial charge on any atom is -0.373 e. The van der Waals surface area contributed by atoms with Crippen molar-refractivity contribution in [2.24, 2.45) is 0 Å². The fraction of sp³-hybridized carbons (Fsp3) is 0.176. The minimum absolute atomic E-state index is 0.230. The number of anilines is 1. The molecule has 3 aromatic rings. The summed E-state index contributed by atoms with van der Waals surface area (Å²) in [4.78, 5) is 9.11. The molecule has 0 unspecified atom stereocenters. The van der Waals surface area contributed by atoms with E-state index >= 15 is 0 Å². The van der Waals surface area contributed by atoms with Gasteiger partial charge in [0, 0.05) is 29.3 Å². The van der Waals surface area contributed by atoms with E-state index in [1.165, 1.54) is 6.07 Å². The summed E-state index contributed by atoms with van der Waals surface area (Å²) in [6, 6.07) is 10.6. The van der Waals surface area contributed by atoms with Crippen molar-refractivity contribution >= 4 is 16.6 Å². The number of halogens is 1. The van der Waals surface area contributed by atoms with Gasteiger partial charge in [-0.1, -0.05) is 24.3 Å². The Morgan fingerprint density at radius 3 is 2.38 bits per heavy atom. The molecule has 2 aromatic carbocycles. The van der Waals surface area contributed by atoms with Gasteiger partial charge < -0.3 is 5.32 Å². The quantitative estimate of drug-likeness (QED) is 0.768. The largest absolute Gasteiger partial charge is 0.373 e. The smallest absolute Gasteiger partial charge is 0.162 e. The highest BCUT2D eigenvalue weighted by molar-refractivity contribution is 5.95. The van der Waals surface area contributed by atoms with Crippen molar-refractivity contribution in [3.8, 4) is 11.4 Å². The molecule has 0 radical (unpaired) electrons. The van der Waals surface area contributed by atoms with Gasteiger partial charge in [-0.25, -0.2) is 14.4 Å². The number of benzene rings is 2. The van der Waals surface area contributed by atoms with Crippen molar-refractivity contribution in [3.05, 3.63) is 53.5 Å². The number of rotatable bonds is 2. The second kappa shape index (κ2) is 5.13. The van der Waals surface area contributed by atoms with Crippen molar-refractivity contribution in [2.45, 2.75) is 13.8 Å². The summed E-state index contributed by atoms with van der Waals surface area (Å²) in [5.74, 6) is 1.18. The fourth-order valence-corrected chi connectivity index (χ4v) is 2.45. The van der Waals surface area contributed by atoms with Crippen LogP contribution in [0.3, 0.4) is 0 Å². The van der Waals surface area contributed by atoms with E-state index in [9.17, 15) is 4.39 Å². The maximum Gasteiger partial charge on any atom is 0.162 e. The van der Waals surface area contributed by atoms with Crippen LogP contribution >= 0.6 is 0 Å². The van der Waals surface area contributed by atoms with E-state index < -0.39 is 0 Å². The van der Waals surface area contributed by atoms with Gasteiger partial charge in [-0.2, -0.15) is 0 Å². The highest BCUT2D eigenvalue weighted by atomic mass is 19.1. The third-order valence-electron chi connectivity index (χ3n) is 3.74. The Morgan fingerprint density at radius 2 is 1.67 bits per heavy atom. The molecule has 21 heavy (non-hydrogen) atoms. The maximum atomic E-state index is 13.9. The van der Waals surface area contributed by atoms with Crippen LogP contribution < -0.4 is 5.32 Å². The number of hydrogen-bond acceptors (Lipinski definition) is 3. The van der Waals surface area contributed by atoms with E-state index in [0.717, 1.165) is 28.0 Å². The van der Waals surface area contributed by atoms with E-state index in [4.69, 9.17) is 0 Å². The first kappa shape index (κ1) is 13.5. The Balaban J connectivity index is 2.31. The molecule has 4 heteroatoms. The average Bonchev–Trinajstić information content (AvgIpc) is 2.51. The standard InChI is InChI=1S/C17H16FN3/c1-10-11(2)20-17(21-16(10)19-3)14-8-9-15(18)13-7-5-4-6-12(13)14/h4-9H,1-3H3,(H,19,20,21). The molecular weight excluding hydrogens is 265 g/mol. The second-order valence-corrected chi connectivity index (χ2v) is 5.00. The van der Waals surface area contributed by atoms with Crippen LogP contribution in [0.1, 0.15) is 11.3 Å². The van der Waals surface area contributed by atoms with Crippen molar-refractivity contribution in [3.63, 3.8) is 0 Å². The zero-order chi connectivity index (χ0) is 15.0. The summed E-state index contributed by atoms with van der Waals surface area (Å²) in [6.45, 7) is 3.93. The molecule has 1 aromatic heterocycles. The van der Waals surface area contributed by atoms with Gasteiger partial charge in [0.05, 0.1) is 0 Å². The van der Waals surface area contributed by atoms with Crippen molar-refractivity contribution in [1.82, 2.24) is 9.97 Å². The van der Waals surface area contributed by atoms with Crippen molar-refractivity contribution in [2.75, 3.05) is 12.4 Å². The molecule has 1 N–H and O–H groups in total. The summed E-state index contributed by atoms with van der Waals surface area (Å²) >= 11 is 0. The van der Waals surface area contributed by atoms with Crippen molar-refractivity contribution < 1.29 is 4.39 Å². The summed E-state index contributed by atoms with van der Waals surface area (Å²) in [5, 5.41) is 4.49. The van der Waals surface area contributed by atoms with Crippen LogP contribution in [0.4, 0.5) is 10.2 Å². The number of hydrogen-bond donors (Lipinski definition) is 1. The van der Waals surface area contributed by atoms with Crippen LogP contribution in [0.25, 0.3) is 22.2 Å². The molecule has 0 spiro atoms. The first-order valence-electron chi connectivity index (χ1n) is 6.82. The number of fused-ring (bicyclic) bond motifs is 1. The molecule has 0 saturated carbocycles. The Bertz CT molecular complexity index is 828. The lowest BCUT2D eigenvalue weighted by atomic mass is 10.0. The van der Waals surface area contributed by atoms with Gasteiger partial charge in [0.15, 0.2) is 5.82 Å². The fourth-order valence-electron chi connectivity index (χ4n) is 2.45. The summed E-state index contributed by atoms with van der Waals surface area (Å²) in [5.41, 5.74) is 2.78. The summed E-state index contributed by atoms with van der Waals surface area (Å²) < 4.78 is 13.9. The van der Waals surface area contributed by atoms with Crippen LogP contribution in [0.5, 0.6) is 0 Å². The molecule has 0 atom stereocenters. The number of aryl methyl sites for hydroxylation is 1. The predicted octanol–water partition coefficient (Wildman–Crippen LogP) is 4.09. The number of nitrogens with zero attached hydrogens (tertiary/aromatic N) is 2. The summed E-state index contributed by atoms with van der Waals surface area (Å²) in [6.07, 6.45) is 0. The van der Waals surface area contributed by atoms with E-state index in [2.05, 4.69) is 15.3 Å². The van der Waals surface area contributed by atoms with E-state index in [0.29, 0.717) is 11.2 Å². The number of aromatic nitrogens is 2. The van der Waals surface area contributed by atoms with Gasteiger partial charge >= 0.3 is 0 Å². The Kier molecular flexibility index (Phi) is 3.29. The average molecular weight is 281 g/mol. The summed E-state index contributed by atoms with van der Waals surface area (Å²) in [7, 11) is 1.83. The first-order chi connectivity index (χ1) is 10.1. The van der Waals surface area contributed by atoms with Gasteiger partial charge in [0.2, 0.25) is 0 Å². The molecule has 0 fully saturated rings. The third kappa shape index (κ3) is 2.23. The monoisotopic (exact) mass is 281 g/mol. The molecule has 3 nitrogen and oxygen atoms in total. The molecule has 0 bridgehead atoms. The second-order valence-electron chi connectivity index (χ2n) is 5.00. The predicted molar refractivity (Wildman–Crippen MR) is 84.0 cm³/mol. The third-order valence-corrected chi connectivity index (χ3v) is 3.74. The zero-order valence-electron chi connectivity index (χ0n) is 12.2. The van der Waals surface area contributed by atoms with Gasteiger partial charge in [0.25, 0.3) is 0 Å². The van der Waals surface area contributed by atoms with Gasteiger partial charge in [0.1, 0.15) is 11.6 Å². The highest BCUT2D eigenvalue weighted by Crippen LogP contribution is 2.29. The number of nitrogens with one attached hydrogen (secondary N) is 1. The molecule has 0 saturated heterocycles. The van der Waals surface area contributed by atoms with Crippen molar-refractivity contribution in [1.29, 1.82) is 0 Å². The molecule has 1 heterocycles. The van der Waals surface area contributed by atoms with Crippen LogP contribution in [0, 0.1) is 19.7 Å². The Labute approximate surface area is 122 Å². The molecule has 3 rings (SSSR count). The van der Waals surface area contributed by atoms with Crippen LogP contribution in [-0.4, -0.2) is 17.0 Å². The zero-order valence-corrected chi connectivity index (χ0v) is 12.2. The minimum atomic E-state index is -0.230. The maximum absolute atomic E-state index is 13.9. The molecule has 0 aliphatic rings.